The Hall–Kier alpha value is -3.56. The molecule has 0 heterocycles. The molecule has 0 saturated heterocycles. The number of carbonyl (C=O) groups excluding carboxylic acids is 2. The van der Waals surface area contributed by atoms with Crippen LogP contribution in [0.3, 0.4) is 0 Å². The fourth-order valence-electron chi connectivity index (χ4n) is 5.92. The van der Waals surface area contributed by atoms with Gasteiger partial charge in [-0.1, -0.05) is 90.1 Å². The molecule has 0 radical (unpaired) electrons. The van der Waals surface area contributed by atoms with Crippen molar-refractivity contribution in [3.05, 3.63) is 128 Å². The van der Waals surface area contributed by atoms with Gasteiger partial charge in [-0.25, -0.2) is 8.42 Å². The number of benzene rings is 4. The van der Waals surface area contributed by atoms with Crippen molar-refractivity contribution in [2.45, 2.75) is 69.5 Å². The topological polar surface area (TPSA) is 86.8 Å². The van der Waals surface area contributed by atoms with Crippen molar-refractivity contribution in [3.63, 3.8) is 0 Å². The summed E-state index contributed by atoms with van der Waals surface area (Å²) in [5.41, 5.74) is 3.43. The molecule has 1 fully saturated rings. The summed E-state index contributed by atoms with van der Waals surface area (Å²) in [5.74, 6) is -0.912. The average molecular weight is 727 g/mol. The monoisotopic (exact) mass is 725 g/mol. The molecule has 1 unspecified atom stereocenters. The lowest BCUT2D eigenvalue weighted by Gasteiger charge is -2.34. The van der Waals surface area contributed by atoms with E-state index in [4.69, 9.17) is 34.8 Å². The predicted octanol–water partition coefficient (Wildman–Crippen LogP) is 8.16. The summed E-state index contributed by atoms with van der Waals surface area (Å²) in [6.07, 6.45) is 3.93. The van der Waals surface area contributed by atoms with Crippen LogP contribution in [0, 0.1) is 13.8 Å². The van der Waals surface area contributed by atoms with Gasteiger partial charge in [-0.05, 0) is 91.9 Å². The number of anilines is 1. The number of aryl methyl sites for hydroxylation is 2. The van der Waals surface area contributed by atoms with Gasteiger partial charge in [0.2, 0.25) is 11.8 Å². The highest BCUT2D eigenvalue weighted by Crippen LogP contribution is 2.30. The molecule has 7 nitrogen and oxygen atoms in total. The molecule has 48 heavy (non-hydrogen) atoms. The summed E-state index contributed by atoms with van der Waals surface area (Å²) in [6.45, 7) is 3.10. The molecule has 4 aromatic carbocycles. The van der Waals surface area contributed by atoms with Gasteiger partial charge in [0.1, 0.15) is 12.6 Å². The van der Waals surface area contributed by atoms with E-state index in [1.54, 1.807) is 30.3 Å². The first-order chi connectivity index (χ1) is 22.9. The van der Waals surface area contributed by atoms with Gasteiger partial charge in [0.05, 0.1) is 10.6 Å². The predicted molar refractivity (Wildman–Crippen MR) is 193 cm³/mol. The van der Waals surface area contributed by atoms with Crippen LogP contribution in [0.2, 0.25) is 15.1 Å². The Morgan fingerprint density at radius 3 is 2.10 bits per heavy atom. The Bertz CT molecular complexity index is 1840. The lowest BCUT2D eigenvalue weighted by Crippen LogP contribution is -2.54. The minimum atomic E-state index is -4.27. The third-order valence-electron chi connectivity index (χ3n) is 8.82. The SMILES string of the molecule is Cc1ccc(N(CC(=O)N(Cc2c(Cl)cccc2Cl)C(Cc2ccccc2)C(=O)NC2CCCC2)S(=O)(=O)c2ccc(Cl)cc2)cc1C. The molecule has 1 N–H and O–H groups in total. The third kappa shape index (κ3) is 8.53. The zero-order valence-corrected chi connectivity index (χ0v) is 29.9. The number of nitrogens with one attached hydrogen (secondary N) is 1. The highest BCUT2D eigenvalue weighted by Gasteiger charge is 2.36. The van der Waals surface area contributed by atoms with E-state index in [1.807, 2.05) is 50.2 Å². The number of sulfonamides is 1. The van der Waals surface area contributed by atoms with Crippen LogP contribution in [-0.4, -0.2) is 43.8 Å². The van der Waals surface area contributed by atoms with Crippen LogP contribution < -0.4 is 9.62 Å². The van der Waals surface area contributed by atoms with Crippen molar-refractivity contribution >= 4 is 62.3 Å². The molecule has 1 saturated carbocycles. The largest absolute Gasteiger partial charge is 0.352 e. The van der Waals surface area contributed by atoms with Crippen molar-refractivity contribution < 1.29 is 18.0 Å². The molecule has 4 aromatic rings. The fourth-order valence-corrected chi connectivity index (χ4v) is 7.97. The smallest absolute Gasteiger partial charge is 0.264 e. The van der Waals surface area contributed by atoms with Crippen molar-refractivity contribution in [2.75, 3.05) is 10.8 Å². The number of halogens is 3. The summed E-state index contributed by atoms with van der Waals surface area (Å²) < 4.78 is 29.6. The van der Waals surface area contributed by atoms with Crippen LogP contribution in [0.25, 0.3) is 0 Å². The Morgan fingerprint density at radius 1 is 0.833 bits per heavy atom. The molecule has 0 spiro atoms. The molecule has 5 rings (SSSR count). The number of hydrogen-bond donors (Lipinski definition) is 1. The van der Waals surface area contributed by atoms with Crippen LogP contribution in [-0.2, 0) is 32.6 Å². The van der Waals surface area contributed by atoms with Gasteiger partial charge in [-0.15, -0.1) is 0 Å². The van der Waals surface area contributed by atoms with E-state index in [-0.39, 0.29) is 29.8 Å². The zero-order valence-electron chi connectivity index (χ0n) is 26.8. The van der Waals surface area contributed by atoms with E-state index in [1.165, 1.54) is 29.2 Å². The van der Waals surface area contributed by atoms with Gasteiger partial charge in [0.25, 0.3) is 10.0 Å². The fraction of sp³-hybridized carbons (Fsp3) is 0.297. The second kappa shape index (κ2) is 15.8. The first-order valence-corrected chi connectivity index (χ1v) is 18.4. The molecule has 0 bridgehead atoms. The molecule has 1 atom stereocenters. The average Bonchev–Trinajstić information content (AvgIpc) is 3.57. The number of amides is 2. The Morgan fingerprint density at radius 2 is 1.48 bits per heavy atom. The van der Waals surface area contributed by atoms with Gasteiger partial charge in [-0.3, -0.25) is 13.9 Å². The Balaban J connectivity index is 1.61. The van der Waals surface area contributed by atoms with Crippen molar-refractivity contribution in [3.8, 4) is 0 Å². The molecular weight excluding hydrogens is 689 g/mol. The summed E-state index contributed by atoms with van der Waals surface area (Å²) in [7, 11) is -4.27. The maximum Gasteiger partial charge on any atom is 0.264 e. The van der Waals surface area contributed by atoms with E-state index < -0.39 is 28.5 Å². The zero-order chi connectivity index (χ0) is 34.4. The van der Waals surface area contributed by atoms with Gasteiger partial charge in [0.15, 0.2) is 0 Å². The normalized spacial score (nSPS) is 14.0. The van der Waals surface area contributed by atoms with Crippen molar-refractivity contribution in [1.82, 2.24) is 10.2 Å². The van der Waals surface area contributed by atoms with E-state index >= 15 is 0 Å². The second-order valence-corrected chi connectivity index (χ2v) is 15.3. The third-order valence-corrected chi connectivity index (χ3v) is 11.6. The van der Waals surface area contributed by atoms with Gasteiger partial charge in [-0.2, -0.15) is 0 Å². The molecule has 1 aliphatic rings. The Labute approximate surface area is 297 Å². The first kappa shape index (κ1) is 35.7. The maximum absolute atomic E-state index is 14.7. The van der Waals surface area contributed by atoms with Crippen molar-refractivity contribution in [2.24, 2.45) is 0 Å². The lowest BCUT2D eigenvalue weighted by molar-refractivity contribution is -0.140. The van der Waals surface area contributed by atoms with Crippen LogP contribution in [0.4, 0.5) is 5.69 Å². The van der Waals surface area contributed by atoms with E-state index in [2.05, 4.69) is 5.32 Å². The number of rotatable bonds is 12. The van der Waals surface area contributed by atoms with Crippen LogP contribution in [0.1, 0.15) is 47.9 Å². The van der Waals surface area contributed by atoms with Gasteiger partial charge in [0, 0.05) is 39.6 Å². The number of carbonyl (C=O) groups is 2. The molecule has 0 aliphatic heterocycles. The van der Waals surface area contributed by atoms with Gasteiger partial charge < -0.3 is 10.2 Å². The molecule has 11 heteroatoms. The molecular formula is C37H38Cl3N3O4S. The highest BCUT2D eigenvalue weighted by atomic mass is 35.5. The lowest BCUT2D eigenvalue weighted by atomic mass is 10.0. The standard InChI is InChI=1S/C37H38Cl3N3O4S/c1-25-15-18-30(21-26(25)2)43(48(46,47)31-19-16-28(38)17-20-31)24-36(44)42(23-32-33(39)13-8-14-34(32)40)35(22-27-9-4-3-5-10-27)37(45)41-29-11-6-7-12-29/h3-5,8-10,13-21,29,35H,6-7,11-12,22-24H2,1-2H3,(H,41,45). The molecule has 0 aromatic heterocycles. The molecule has 2 amide bonds. The number of nitrogens with zero attached hydrogens (tertiary/aromatic N) is 2. The highest BCUT2D eigenvalue weighted by molar-refractivity contribution is 7.92. The van der Waals surface area contributed by atoms with Crippen LogP contribution in [0.15, 0.2) is 95.9 Å². The molecule has 252 valence electrons. The van der Waals surface area contributed by atoms with Gasteiger partial charge >= 0.3 is 0 Å². The second-order valence-electron chi connectivity index (χ2n) is 12.2. The summed E-state index contributed by atoms with van der Waals surface area (Å²) in [4.78, 5) is 30.3. The van der Waals surface area contributed by atoms with E-state index in [9.17, 15) is 18.0 Å². The maximum atomic E-state index is 14.7. The Kier molecular flexibility index (Phi) is 11.7. The van der Waals surface area contributed by atoms with Crippen molar-refractivity contribution in [1.29, 1.82) is 0 Å². The molecule has 1 aliphatic carbocycles. The summed E-state index contributed by atoms with van der Waals surface area (Å²) in [6, 6.07) is 24.5. The van der Waals surface area contributed by atoms with Crippen LogP contribution >= 0.6 is 34.8 Å². The van der Waals surface area contributed by atoms with E-state index in [0.29, 0.717) is 26.3 Å². The summed E-state index contributed by atoms with van der Waals surface area (Å²) in [5, 5.41) is 4.20. The van der Waals surface area contributed by atoms with Crippen LogP contribution in [0.5, 0.6) is 0 Å². The minimum absolute atomic E-state index is 0.00561. The first-order valence-electron chi connectivity index (χ1n) is 15.9. The minimum Gasteiger partial charge on any atom is -0.352 e. The summed E-state index contributed by atoms with van der Waals surface area (Å²) >= 11 is 19.3. The van der Waals surface area contributed by atoms with E-state index in [0.717, 1.165) is 46.7 Å². The number of hydrogen-bond acceptors (Lipinski definition) is 4. The quantitative estimate of drug-likeness (QED) is 0.160.